The van der Waals surface area contributed by atoms with Crippen molar-refractivity contribution in [3.63, 3.8) is 0 Å². The fraction of sp³-hybridized carbons (Fsp3) is 0.667. The first-order chi connectivity index (χ1) is 8.58. The SMILES string of the molecule is CCOC(=O)C(N)CSCc1cc(CC)nn1C. The van der Waals surface area contributed by atoms with Gasteiger partial charge in [-0.2, -0.15) is 16.9 Å². The number of aryl methyl sites for hydroxylation is 2. The first-order valence-corrected chi connectivity index (χ1v) is 7.25. The quantitative estimate of drug-likeness (QED) is 0.752. The standard InChI is InChI=1S/C12H21N3O2S/c1-4-9-6-10(15(3)14-9)7-18-8-11(13)12(16)17-5-2/h6,11H,4-5,7-8,13H2,1-3H3. The van der Waals surface area contributed by atoms with Crippen LogP contribution in [0.3, 0.4) is 0 Å². The van der Waals surface area contributed by atoms with Gasteiger partial charge in [0.05, 0.1) is 12.3 Å². The predicted molar refractivity (Wildman–Crippen MR) is 73.4 cm³/mol. The summed E-state index contributed by atoms with van der Waals surface area (Å²) in [5, 5.41) is 4.37. The lowest BCUT2D eigenvalue weighted by molar-refractivity contribution is -0.144. The summed E-state index contributed by atoms with van der Waals surface area (Å²) in [6.45, 7) is 4.23. The number of aromatic nitrogens is 2. The van der Waals surface area contributed by atoms with Crippen molar-refractivity contribution in [3.8, 4) is 0 Å². The van der Waals surface area contributed by atoms with E-state index in [-0.39, 0.29) is 5.97 Å². The summed E-state index contributed by atoms with van der Waals surface area (Å²) in [7, 11) is 1.93. The van der Waals surface area contributed by atoms with Crippen molar-refractivity contribution in [2.75, 3.05) is 12.4 Å². The molecule has 18 heavy (non-hydrogen) atoms. The zero-order valence-corrected chi connectivity index (χ0v) is 12.0. The topological polar surface area (TPSA) is 70.1 Å². The molecule has 0 aliphatic rings. The Morgan fingerprint density at radius 2 is 2.33 bits per heavy atom. The summed E-state index contributed by atoms with van der Waals surface area (Å²) in [4.78, 5) is 11.3. The van der Waals surface area contributed by atoms with Crippen LogP contribution in [0.25, 0.3) is 0 Å². The monoisotopic (exact) mass is 271 g/mol. The smallest absolute Gasteiger partial charge is 0.323 e. The third kappa shape index (κ3) is 4.34. The zero-order chi connectivity index (χ0) is 13.5. The summed E-state index contributed by atoms with van der Waals surface area (Å²) < 4.78 is 6.73. The van der Waals surface area contributed by atoms with Gasteiger partial charge in [0.2, 0.25) is 0 Å². The molecule has 1 unspecified atom stereocenters. The fourth-order valence-corrected chi connectivity index (χ4v) is 2.47. The van der Waals surface area contributed by atoms with Gasteiger partial charge in [0, 0.05) is 24.2 Å². The van der Waals surface area contributed by atoms with Gasteiger partial charge in [-0.25, -0.2) is 0 Å². The second kappa shape index (κ2) is 7.43. The van der Waals surface area contributed by atoms with E-state index in [0.717, 1.165) is 23.6 Å². The summed E-state index contributed by atoms with van der Waals surface area (Å²) in [5.41, 5.74) is 7.95. The van der Waals surface area contributed by atoms with Gasteiger partial charge >= 0.3 is 5.97 Å². The lowest BCUT2D eigenvalue weighted by Gasteiger charge is -2.09. The van der Waals surface area contributed by atoms with Gasteiger partial charge in [-0.1, -0.05) is 6.92 Å². The summed E-state index contributed by atoms with van der Waals surface area (Å²) in [6, 6.07) is 1.54. The molecule has 0 fully saturated rings. The molecule has 5 nitrogen and oxygen atoms in total. The van der Waals surface area contributed by atoms with Crippen LogP contribution in [-0.2, 0) is 28.8 Å². The zero-order valence-electron chi connectivity index (χ0n) is 11.2. The highest BCUT2D eigenvalue weighted by atomic mass is 32.2. The number of nitrogens with two attached hydrogens (primary N) is 1. The van der Waals surface area contributed by atoms with E-state index in [9.17, 15) is 4.79 Å². The average Bonchev–Trinajstić information content (AvgIpc) is 2.70. The molecular weight excluding hydrogens is 250 g/mol. The summed E-state index contributed by atoms with van der Waals surface area (Å²) in [6.07, 6.45) is 0.931. The maximum Gasteiger partial charge on any atom is 0.323 e. The lowest BCUT2D eigenvalue weighted by atomic mass is 10.3. The van der Waals surface area contributed by atoms with Crippen LogP contribution in [0.4, 0.5) is 0 Å². The number of thioether (sulfide) groups is 1. The Morgan fingerprint density at radius 1 is 1.61 bits per heavy atom. The highest BCUT2D eigenvalue weighted by Gasteiger charge is 2.14. The Labute approximate surface area is 112 Å². The Morgan fingerprint density at radius 3 is 2.89 bits per heavy atom. The number of hydrogen-bond acceptors (Lipinski definition) is 5. The van der Waals surface area contributed by atoms with Gasteiger partial charge in [-0.3, -0.25) is 9.48 Å². The van der Waals surface area contributed by atoms with Crippen molar-refractivity contribution < 1.29 is 9.53 Å². The third-order valence-corrected chi connectivity index (χ3v) is 3.62. The van der Waals surface area contributed by atoms with E-state index in [1.165, 1.54) is 0 Å². The average molecular weight is 271 g/mol. The van der Waals surface area contributed by atoms with E-state index in [4.69, 9.17) is 10.5 Å². The van der Waals surface area contributed by atoms with E-state index in [1.807, 2.05) is 11.7 Å². The van der Waals surface area contributed by atoms with Crippen LogP contribution in [0.1, 0.15) is 25.2 Å². The van der Waals surface area contributed by atoms with E-state index in [1.54, 1.807) is 18.7 Å². The van der Waals surface area contributed by atoms with Crippen LogP contribution < -0.4 is 5.73 Å². The molecule has 1 aromatic rings. The molecule has 1 heterocycles. The predicted octanol–water partition coefficient (Wildman–Crippen LogP) is 1.11. The molecule has 0 spiro atoms. The van der Waals surface area contributed by atoms with Crippen molar-refractivity contribution in [3.05, 3.63) is 17.5 Å². The molecule has 0 saturated heterocycles. The molecule has 0 saturated carbocycles. The first kappa shape index (κ1) is 15.0. The molecule has 0 aromatic carbocycles. The number of ether oxygens (including phenoxy) is 1. The van der Waals surface area contributed by atoms with Crippen LogP contribution in [0.15, 0.2) is 6.07 Å². The third-order valence-electron chi connectivity index (χ3n) is 2.53. The normalized spacial score (nSPS) is 12.4. The minimum atomic E-state index is -0.547. The number of carbonyl (C=O) groups excluding carboxylic acids is 1. The molecule has 0 amide bonds. The molecule has 0 aliphatic heterocycles. The van der Waals surface area contributed by atoms with E-state index in [0.29, 0.717) is 12.4 Å². The second-order valence-electron chi connectivity index (χ2n) is 3.98. The molecule has 0 bridgehead atoms. The van der Waals surface area contributed by atoms with E-state index < -0.39 is 6.04 Å². The van der Waals surface area contributed by atoms with Gasteiger partial charge in [0.1, 0.15) is 6.04 Å². The highest BCUT2D eigenvalue weighted by molar-refractivity contribution is 7.98. The maximum atomic E-state index is 11.3. The van der Waals surface area contributed by atoms with Crippen LogP contribution in [0, 0.1) is 0 Å². The van der Waals surface area contributed by atoms with Crippen molar-refractivity contribution in [1.82, 2.24) is 9.78 Å². The van der Waals surface area contributed by atoms with Crippen molar-refractivity contribution in [2.24, 2.45) is 12.8 Å². The van der Waals surface area contributed by atoms with E-state index in [2.05, 4.69) is 18.1 Å². The van der Waals surface area contributed by atoms with Crippen molar-refractivity contribution in [2.45, 2.75) is 32.1 Å². The Balaban J connectivity index is 2.36. The number of carbonyl (C=O) groups is 1. The first-order valence-electron chi connectivity index (χ1n) is 6.10. The molecule has 0 aliphatic carbocycles. The minimum absolute atomic E-state index is 0.329. The number of nitrogens with zero attached hydrogens (tertiary/aromatic N) is 2. The molecule has 1 atom stereocenters. The van der Waals surface area contributed by atoms with E-state index >= 15 is 0 Å². The summed E-state index contributed by atoms with van der Waals surface area (Å²) in [5.74, 6) is 1.03. The minimum Gasteiger partial charge on any atom is -0.465 e. The Hall–Kier alpha value is -1.01. The van der Waals surface area contributed by atoms with Crippen LogP contribution in [0.5, 0.6) is 0 Å². The molecular formula is C12H21N3O2S. The maximum absolute atomic E-state index is 11.3. The molecule has 2 N–H and O–H groups in total. The van der Waals surface area contributed by atoms with Gasteiger partial charge in [-0.15, -0.1) is 0 Å². The summed E-state index contributed by atoms with van der Waals surface area (Å²) >= 11 is 1.62. The Bertz CT molecular complexity index is 393. The van der Waals surface area contributed by atoms with Gasteiger partial charge < -0.3 is 10.5 Å². The largest absolute Gasteiger partial charge is 0.465 e. The lowest BCUT2D eigenvalue weighted by Crippen LogP contribution is -2.34. The molecule has 0 radical (unpaired) electrons. The van der Waals surface area contributed by atoms with Crippen LogP contribution in [-0.4, -0.2) is 34.2 Å². The van der Waals surface area contributed by atoms with Crippen molar-refractivity contribution in [1.29, 1.82) is 0 Å². The van der Waals surface area contributed by atoms with Gasteiger partial charge in [0.15, 0.2) is 0 Å². The fourth-order valence-electron chi connectivity index (χ4n) is 1.49. The number of rotatable bonds is 7. The highest BCUT2D eigenvalue weighted by Crippen LogP contribution is 2.14. The molecule has 6 heteroatoms. The van der Waals surface area contributed by atoms with Crippen LogP contribution in [0.2, 0.25) is 0 Å². The molecule has 102 valence electrons. The van der Waals surface area contributed by atoms with Crippen molar-refractivity contribution >= 4 is 17.7 Å². The van der Waals surface area contributed by atoms with Gasteiger partial charge in [0.25, 0.3) is 0 Å². The molecule has 1 aromatic heterocycles. The van der Waals surface area contributed by atoms with Gasteiger partial charge in [-0.05, 0) is 19.4 Å². The number of hydrogen-bond donors (Lipinski definition) is 1. The second-order valence-corrected chi connectivity index (χ2v) is 5.01. The molecule has 1 rings (SSSR count). The number of esters is 1. The van der Waals surface area contributed by atoms with Crippen LogP contribution >= 0.6 is 11.8 Å². The Kier molecular flexibility index (Phi) is 6.21.